The van der Waals surface area contributed by atoms with E-state index in [-0.39, 0.29) is 17.7 Å². The second-order valence-corrected chi connectivity index (χ2v) is 9.10. The minimum atomic E-state index is -0.381. The van der Waals surface area contributed by atoms with Crippen molar-refractivity contribution in [3.8, 4) is 5.88 Å². The third-order valence-electron chi connectivity index (χ3n) is 6.03. The lowest BCUT2D eigenvalue weighted by molar-refractivity contribution is 0.103. The van der Waals surface area contributed by atoms with Crippen LogP contribution < -0.4 is 0 Å². The van der Waals surface area contributed by atoms with Gasteiger partial charge in [0.05, 0.1) is 10.9 Å². The molecule has 3 heterocycles. The minimum Gasteiger partial charge on any atom is -0.492 e. The molecule has 8 heteroatoms. The van der Waals surface area contributed by atoms with Crippen LogP contribution in [0.5, 0.6) is 5.88 Å². The second kappa shape index (κ2) is 8.97. The van der Waals surface area contributed by atoms with Crippen molar-refractivity contribution in [1.29, 1.82) is 0 Å². The molecule has 2 aromatic carbocycles. The summed E-state index contributed by atoms with van der Waals surface area (Å²) in [7, 11) is 0. The van der Waals surface area contributed by atoms with E-state index in [1.807, 2.05) is 25.1 Å². The van der Waals surface area contributed by atoms with Crippen LogP contribution in [-0.2, 0) is 13.0 Å². The zero-order chi connectivity index (χ0) is 22.1. The first-order valence-electron chi connectivity index (χ1n) is 11.0. The topological polar surface area (TPSA) is 56.9 Å². The van der Waals surface area contributed by atoms with Crippen LogP contribution in [-0.4, -0.2) is 55.7 Å². The summed E-state index contributed by atoms with van der Waals surface area (Å²) < 4.78 is 16.4. The fraction of sp³-hybridized carbons (Fsp3) is 0.333. The highest BCUT2D eigenvalue weighted by atomic mass is 32.1. The molecule has 0 radical (unpaired) electrons. The zero-order valence-electron chi connectivity index (χ0n) is 18.0. The van der Waals surface area contributed by atoms with Crippen molar-refractivity contribution >= 4 is 16.3 Å². The molecule has 1 fully saturated rings. The Balaban J connectivity index is 1.44. The summed E-state index contributed by atoms with van der Waals surface area (Å²) >= 11 is 1.39. The van der Waals surface area contributed by atoms with Gasteiger partial charge in [0.25, 0.3) is 0 Å². The predicted octanol–water partition coefficient (Wildman–Crippen LogP) is 4.11. The zero-order valence-corrected chi connectivity index (χ0v) is 18.8. The maximum Gasteiger partial charge on any atom is 0.230 e. The molecule has 0 unspecified atom stereocenters. The monoisotopic (exact) mass is 451 g/mol. The second-order valence-electron chi connectivity index (χ2n) is 8.09. The summed E-state index contributed by atoms with van der Waals surface area (Å²) in [6.07, 6.45) is 0.698. The van der Waals surface area contributed by atoms with Crippen LogP contribution in [0.1, 0.15) is 34.8 Å². The van der Waals surface area contributed by atoms with E-state index >= 15 is 0 Å². The summed E-state index contributed by atoms with van der Waals surface area (Å²) in [6, 6.07) is 16.9. The maximum absolute atomic E-state index is 14.9. The van der Waals surface area contributed by atoms with Crippen molar-refractivity contribution in [3.63, 3.8) is 0 Å². The Morgan fingerprint density at radius 3 is 2.44 bits per heavy atom. The number of nitrogens with zero attached hydrogens (tertiary/aromatic N) is 5. The highest BCUT2D eigenvalue weighted by molar-refractivity contribution is 7.17. The lowest BCUT2D eigenvalue weighted by atomic mass is 10.0. The van der Waals surface area contributed by atoms with Crippen molar-refractivity contribution in [2.75, 3.05) is 26.2 Å². The molecular formula is C24H26FN5OS. The van der Waals surface area contributed by atoms with E-state index in [0.717, 1.165) is 32.7 Å². The van der Waals surface area contributed by atoms with E-state index < -0.39 is 0 Å². The van der Waals surface area contributed by atoms with Crippen LogP contribution >= 0.6 is 11.3 Å². The van der Waals surface area contributed by atoms with Crippen LogP contribution in [0.15, 0.2) is 54.6 Å². The largest absolute Gasteiger partial charge is 0.492 e. The number of aryl methyl sites for hydroxylation is 1. The van der Waals surface area contributed by atoms with Crippen molar-refractivity contribution in [2.45, 2.75) is 25.9 Å². The molecule has 5 rings (SSSR count). The molecule has 4 aromatic rings. The van der Waals surface area contributed by atoms with Gasteiger partial charge in [-0.25, -0.2) is 9.37 Å². The third kappa shape index (κ3) is 4.01. The van der Waals surface area contributed by atoms with Gasteiger partial charge in [0.2, 0.25) is 10.8 Å². The van der Waals surface area contributed by atoms with Crippen molar-refractivity contribution in [3.05, 3.63) is 82.2 Å². The van der Waals surface area contributed by atoms with E-state index in [4.69, 9.17) is 0 Å². The van der Waals surface area contributed by atoms with Gasteiger partial charge in [0.15, 0.2) is 5.82 Å². The number of benzene rings is 2. The molecule has 0 aliphatic carbocycles. The molecule has 0 spiro atoms. The third-order valence-corrected chi connectivity index (χ3v) is 7.10. The SMILES string of the molecule is CCc1nc2sc([C@H](c3ccccc3F)N3CCN(Cc4ccccc4)CC3)c(O)n2n1. The summed E-state index contributed by atoms with van der Waals surface area (Å²) in [5.74, 6) is 0.476. The number of piperazine rings is 1. The Hall–Kier alpha value is -2.81. The number of rotatable bonds is 6. The van der Waals surface area contributed by atoms with Crippen LogP contribution in [0.25, 0.3) is 4.96 Å². The molecule has 1 N–H and O–H groups in total. The van der Waals surface area contributed by atoms with Gasteiger partial charge < -0.3 is 5.11 Å². The average molecular weight is 452 g/mol. The average Bonchev–Trinajstić information content (AvgIpc) is 3.36. The van der Waals surface area contributed by atoms with E-state index in [1.165, 1.54) is 27.5 Å². The van der Waals surface area contributed by atoms with E-state index in [0.29, 0.717) is 27.6 Å². The fourth-order valence-corrected chi connectivity index (χ4v) is 5.47. The number of thiazole rings is 1. The Bertz CT molecular complexity index is 1200. The van der Waals surface area contributed by atoms with Crippen LogP contribution in [0, 0.1) is 5.82 Å². The minimum absolute atomic E-state index is 0.0529. The molecule has 0 bridgehead atoms. The van der Waals surface area contributed by atoms with Crippen LogP contribution in [0.4, 0.5) is 4.39 Å². The molecule has 0 amide bonds. The van der Waals surface area contributed by atoms with Gasteiger partial charge in [-0.05, 0) is 11.6 Å². The number of fused-ring (bicyclic) bond motifs is 1. The lowest BCUT2D eigenvalue weighted by Crippen LogP contribution is -2.47. The molecule has 166 valence electrons. The molecule has 1 aliphatic rings. The molecule has 32 heavy (non-hydrogen) atoms. The smallest absolute Gasteiger partial charge is 0.230 e. The normalized spacial score (nSPS) is 16.6. The molecule has 1 atom stereocenters. The van der Waals surface area contributed by atoms with Crippen molar-refractivity contribution in [2.24, 2.45) is 0 Å². The number of halogens is 1. The summed E-state index contributed by atoms with van der Waals surface area (Å²) in [5.41, 5.74) is 1.86. The first kappa shape index (κ1) is 21.1. The van der Waals surface area contributed by atoms with E-state index in [1.54, 1.807) is 6.07 Å². The Kier molecular flexibility index (Phi) is 5.91. The molecule has 1 aliphatic heterocycles. The molecule has 0 saturated carbocycles. The van der Waals surface area contributed by atoms with Crippen molar-refractivity contribution in [1.82, 2.24) is 24.4 Å². The van der Waals surface area contributed by atoms with Gasteiger partial charge in [0, 0.05) is 44.7 Å². The number of aromatic nitrogens is 3. The number of hydrogen-bond acceptors (Lipinski definition) is 6. The van der Waals surface area contributed by atoms with Gasteiger partial charge in [0.1, 0.15) is 5.82 Å². The van der Waals surface area contributed by atoms with Crippen molar-refractivity contribution < 1.29 is 9.50 Å². The van der Waals surface area contributed by atoms with Crippen LogP contribution in [0.3, 0.4) is 0 Å². The molecule has 6 nitrogen and oxygen atoms in total. The number of aromatic hydroxyl groups is 1. The highest BCUT2D eigenvalue weighted by Gasteiger charge is 2.33. The van der Waals surface area contributed by atoms with Gasteiger partial charge in [-0.1, -0.05) is 66.8 Å². The Labute approximate surface area is 190 Å². The maximum atomic E-state index is 14.9. The highest BCUT2D eigenvalue weighted by Crippen LogP contribution is 2.41. The van der Waals surface area contributed by atoms with Gasteiger partial charge in [-0.15, -0.1) is 5.10 Å². The van der Waals surface area contributed by atoms with E-state index in [2.05, 4.69) is 44.1 Å². The Morgan fingerprint density at radius 2 is 1.75 bits per heavy atom. The Morgan fingerprint density at radius 1 is 1.03 bits per heavy atom. The predicted molar refractivity (Wildman–Crippen MR) is 123 cm³/mol. The van der Waals surface area contributed by atoms with Crippen LogP contribution in [0.2, 0.25) is 0 Å². The van der Waals surface area contributed by atoms with Gasteiger partial charge in [-0.3, -0.25) is 9.80 Å². The van der Waals surface area contributed by atoms with Gasteiger partial charge in [-0.2, -0.15) is 4.52 Å². The number of hydrogen-bond donors (Lipinski definition) is 1. The quantitative estimate of drug-likeness (QED) is 0.478. The first-order chi connectivity index (χ1) is 15.6. The summed E-state index contributed by atoms with van der Waals surface area (Å²) in [5, 5.41) is 15.4. The fourth-order valence-electron chi connectivity index (χ4n) is 4.34. The summed E-state index contributed by atoms with van der Waals surface area (Å²) in [4.78, 5) is 10.5. The lowest BCUT2D eigenvalue weighted by Gasteiger charge is -2.39. The molecule has 2 aromatic heterocycles. The first-order valence-corrected chi connectivity index (χ1v) is 11.8. The summed E-state index contributed by atoms with van der Waals surface area (Å²) in [6.45, 7) is 6.19. The standard InChI is InChI=1S/C24H26FN5OS/c1-2-20-26-24-30(27-20)23(31)22(32-24)21(18-10-6-7-11-19(18)25)29-14-12-28(13-15-29)16-17-8-4-3-5-9-17/h3-11,21,31H,2,12-16H2,1H3/t21-/m0/s1. The van der Waals surface area contributed by atoms with Gasteiger partial charge >= 0.3 is 0 Å². The molecular weight excluding hydrogens is 425 g/mol. The van der Waals surface area contributed by atoms with E-state index in [9.17, 15) is 9.50 Å². The molecule has 1 saturated heterocycles.